The van der Waals surface area contributed by atoms with Crippen molar-refractivity contribution >= 4 is 28.6 Å². The maximum Gasteiger partial charge on any atom is 0.338 e. The number of aromatic nitrogens is 1. The topological polar surface area (TPSA) is 71.5 Å². The van der Waals surface area contributed by atoms with Crippen molar-refractivity contribution in [2.24, 2.45) is 0 Å². The number of benzene rings is 2. The molecule has 0 spiro atoms. The van der Waals surface area contributed by atoms with E-state index in [1.807, 2.05) is 50.2 Å². The number of methoxy groups -OCH3 is 1. The van der Waals surface area contributed by atoms with E-state index in [1.165, 1.54) is 7.11 Å². The largest absolute Gasteiger partial charge is 0.465 e. The molecule has 0 fully saturated rings. The normalized spacial score (nSPS) is 13.1. The summed E-state index contributed by atoms with van der Waals surface area (Å²) in [6.07, 6.45) is 0.588. The number of anilines is 1. The standard InChI is InChI=1S/C23H23N3O3/c1-14-10-15(2)12-16(11-14)24-23(28)26-9-8-20-18(13-26)21(22(27)29-3)17-6-4-5-7-19(17)25-20/h4-7,10-12H,8-9,13H2,1-3H3,(H,24,28). The zero-order valence-corrected chi connectivity index (χ0v) is 16.8. The van der Waals surface area contributed by atoms with E-state index in [9.17, 15) is 9.59 Å². The summed E-state index contributed by atoms with van der Waals surface area (Å²) in [5.41, 5.74) is 5.82. The van der Waals surface area contributed by atoms with Gasteiger partial charge in [-0.1, -0.05) is 24.3 Å². The van der Waals surface area contributed by atoms with Gasteiger partial charge >= 0.3 is 12.0 Å². The third kappa shape index (κ3) is 3.66. The lowest BCUT2D eigenvalue weighted by Crippen LogP contribution is -2.40. The number of amides is 2. The second kappa shape index (κ2) is 7.54. The van der Waals surface area contributed by atoms with Crippen LogP contribution in [0.25, 0.3) is 10.9 Å². The van der Waals surface area contributed by atoms with Crippen LogP contribution in [-0.4, -0.2) is 35.5 Å². The first-order valence-corrected chi connectivity index (χ1v) is 9.59. The van der Waals surface area contributed by atoms with E-state index in [4.69, 9.17) is 9.72 Å². The molecule has 0 bridgehead atoms. The molecule has 2 amide bonds. The highest BCUT2D eigenvalue weighted by atomic mass is 16.5. The van der Waals surface area contributed by atoms with Gasteiger partial charge in [0.25, 0.3) is 0 Å². The third-order valence-corrected chi connectivity index (χ3v) is 5.20. The predicted molar refractivity (Wildman–Crippen MR) is 112 cm³/mol. The molecule has 3 aromatic rings. The van der Waals surface area contributed by atoms with Gasteiger partial charge in [-0.05, 0) is 43.2 Å². The lowest BCUT2D eigenvalue weighted by Gasteiger charge is -2.30. The van der Waals surface area contributed by atoms with E-state index in [1.54, 1.807) is 4.90 Å². The van der Waals surface area contributed by atoms with Crippen LogP contribution in [0.15, 0.2) is 42.5 Å². The van der Waals surface area contributed by atoms with Crippen LogP contribution in [0.4, 0.5) is 10.5 Å². The number of hydrogen-bond acceptors (Lipinski definition) is 4. The van der Waals surface area contributed by atoms with Crippen LogP contribution in [-0.2, 0) is 17.7 Å². The van der Waals surface area contributed by atoms with Crippen LogP contribution in [0.3, 0.4) is 0 Å². The minimum atomic E-state index is -0.406. The van der Waals surface area contributed by atoms with E-state index >= 15 is 0 Å². The molecule has 6 nitrogen and oxygen atoms in total. The SMILES string of the molecule is COC(=O)c1c2c(nc3ccccc13)CCN(C(=O)Nc1cc(C)cc(C)c1)C2. The quantitative estimate of drug-likeness (QED) is 0.666. The number of aryl methyl sites for hydroxylation is 2. The Labute approximate surface area is 169 Å². The predicted octanol–water partition coefficient (Wildman–Crippen LogP) is 4.23. The number of nitrogens with one attached hydrogen (secondary N) is 1. The number of carbonyl (C=O) groups is 2. The smallest absolute Gasteiger partial charge is 0.338 e. The molecule has 0 aliphatic carbocycles. The monoisotopic (exact) mass is 389 g/mol. The Hall–Kier alpha value is -3.41. The molecule has 29 heavy (non-hydrogen) atoms. The fourth-order valence-corrected chi connectivity index (χ4v) is 3.95. The molecule has 0 radical (unpaired) electrons. The van der Waals surface area contributed by atoms with Crippen LogP contribution in [0.5, 0.6) is 0 Å². The van der Waals surface area contributed by atoms with Crippen LogP contribution in [0, 0.1) is 13.8 Å². The van der Waals surface area contributed by atoms with E-state index < -0.39 is 5.97 Å². The van der Waals surface area contributed by atoms with Crippen molar-refractivity contribution in [3.05, 3.63) is 70.4 Å². The third-order valence-electron chi connectivity index (χ3n) is 5.20. The second-order valence-electron chi connectivity index (χ2n) is 7.40. The summed E-state index contributed by atoms with van der Waals surface area (Å²) in [5.74, 6) is -0.406. The average molecular weight is 389 g/mol. The fraction of sp³-hybridized carbons (Fsp3) is 0.261. The highest BCUT2D eigenvalue weighted by molar-refractivity contribution is 6.05. The molecule has 0 saturated carbocycles. The van der Waals surface area contributed by atoms with Crippen molar-refractivity contribution in [1.29, 1.82) is 0 Å². The van der Waals surface area contributed by atoms with Gasteiger partial charge < -0.3 is 15.0 Å². The van der Waals surface area contributed by atoms with Crippen LogP contribution < -0.4 is 5.32 Å². The lowest BCUT2D eigenvalue weighted by molar-refractivity contribution is 0.0600. The molecule has 0 saturated heterocycles. The number of urea groups is 1. The van der Waals surface area contributed by atoms with Crippen LogP contribution in [0.1, 0.15) is 32.7 Å². The first kappa shape index (κ1) is 18.9. The molecule has 148 valence electrons. The minimum absolute atomic E-state index is 0.190. The zero-order valence-electron chi connectivity index (χ0n) is 16.8. The maximum atomic E-state index is 12.9. The lowest BCUT2D eigenvalue weighted by atomic mass is 9.96. The molecule has 0 atom stereocenters. The highest BCUT2D eigenvalue weighted by Crippen LogP contribution is 2.29. The van der Waals surface area contributed by atoms with E-state index in [0.717, 1.165) is 39.0 Å². The van der Waals surface area contributed by atoms with Crippen LogP contribution in [0.2, 0.25) is 0 Å². The van der Waals surface area contributed by atoms with E-state index in [0.29, 0.717) is 25.1 Å². The van der Waals surface area contributed by atoms with Crippen molar-refractivity contribution in [1.82, 2.24) is 9.88 Å². The summed E-state index contributed by atoms with van der Waals surface area (Å²) < 4.78 is 5.04. The molecular weight excluding hydrogens is 366 g/mol. The molecular formula is C23H23N3O3. The number of esters is 1. The number of hydrogen-bond donors (Lipinski definition) is 1. The van der Waals surface area contributed by atoms with Gasteiger partial charge in [-0.15, -0.1) is 0 Å². The first-order valence-electron chi connectivity index (χ1n) is 9.59. The van der Waals surface area contributed by atoms with Gasteiger partial charge in [-0.2, -0.15) is 0 Å². The Morgan fingerprint density at radius 2 is 1.83 bits per heavy atom. The van der Waals surface area contributed by atoms with Gasteiger partial charge in [-0.3, -0.25) is 4.98 Å². The van der Waals surface area contributed by atoms with Crippen molar-refractivity contribution in [2.45, 2.75) is 26.8 Å². The Kier molecular flexibility index (Phi) is 4.92. The number of carbonyl (C=O) groups excluding carboxylic acids is 2. The van der Waals surface area contributed by atoms with Gasteiger partial charge in [0.2, 0.25) is 0 Å². The molecule has 6 heteroatoms. The van der Waals surface area contributed by atoms with Crippen molar-refractivity contribution in [2.75, 3.05) is 19.0 Å². The summed E-state index contributed by atoms with van der Waals surface area (Å²) in [6, 6.07) is 13.3. The Balaban J connectivity index is 1.67. The van der Waals surface area contributed by atoms with Gasteiger partial charge in [0.15, 0.2) is 0 Å². The number of rotatable bonds is 2. The summed E-state index contributed by atoms with van der Waals surface area (Å²) in [5, 5.41) is 3.72. The Bertz CT molecular complexity index is 1100. The molecule has 4 rings (SSSR count). The average Bonchev–Trinajstić information content (AvgIpc) is 2.70. The van der Waals surface area contributed by atoms with Gasteiger partial charge in [0.05, 0.1) is 24.7 Å². The molecule has 1 aliphatic heterocycles. The van der Waals surface area contributed by atoms with Crippen molar-refractivity contribution in [3.63, 3.8) is 0 Å². The van der Waals surface area contributed by atoms with Gasteiger partial charge in [0.1, 0.15) is 0 Å². The number of nitrogens with zero attached hydrogens (tertiary/aromatic N) is 2. The van der Waals surface area contributed by atoms with Gasteiger partial charge in [-0.25, -0.2) is 9.59 Å². The summed E-state index contributed by atoms with van der Waals surface area (Å²) >= 11 is 0. The highest BCUT2D eigenvalue weighted by Gasteiger charge is 2.28. The van der Waals surface area contributed by atoms with Gasteiger partial charge in [0, 0.05) is 35.3 Å². The van der Waals surface area contributed by atoms with E-state index in [2.05, 4.69) is 11.4 Å². The molecule has 2 heterocycles. The molecule has 1 aromatic heterocycles. The van der Waals surface area contributed by atoms with Crippen molar-refractivity contribution in [3.8, 4) is 0 Å². The minimum Gasteiger partial charge on any atom is -0.465 e. The Morgan fingerprint density at radius 1 is 1.10 bits per heavy atom. The fourth-order valence-electron chi connectivity index (χ4n) is 3.95. The number of pyridine rings is 1. The Morgan fingerprint density at radius 3 is 2.55 bits per heavy atom. The van der Waals surface area contributed by atoms with E-state index in [-0.39, 0.29) is 6.03 Å². The first-order chi connectivity index (χ1) is 14.0. The number of ether oxygens (including phenoxy) is 1. The molecule has 1 N–H and O–H groups in total. The summed E-state index contributed by atoms with van der Waals surface area (Å²) in [4.78, 5) is 31.9. The molecule has 2 aromatic carbocycles. The summed E-state index contributed by atoms with van der Waals surface area (Å²) in [7, 11) is 1.37. The summed E-state index contributed by atoms with van der Waals surface area (Å²) in [6.45, 7) is 4.85. The zero-order chi connectivity index (χ0) is 20.5. The van der Waals surface area contributed by atoms with Crippen LogP contribution >= 0.6 is 0 Å². The maximum absolute atomic E-state index is 12.9. The molecule has 0 unspecified atom stereocenters. The molecule has 1 aliphatic rings. The number of para-hydroxylation sites is 1. The number of fused-ring (bicyclic) bond motifs is 2. The second-order valence-corrected chi connectivity index (χ2v) is 7.40. The van der Waals surface area contributed by atoms with Crippen molar-refractivity contribution < 1.29 is 14.3 Å².